The Morgan fingerprint density at radius 1 is 0.857 bits per heavy atom. The van der Waals surface area contributed by atoms with E-state index in [0.29, 0.717) is 0 Å². The summed E-state index contributed by atoms with van der Waals surface area (Å²) in [6.45, 7) is 8.25. The molecule has 0 aliphatic carbocycles. The van der Waals surface area contributed by atoms with Crippen molar-refractivity contribution in [2.24, 2.45) is 0 Å². The van der Waals surface area contributed by atoms with E-state index in [4.69, 9.17) is 0 Å². The molecule has 0 aromatic heterocycles. The summed E-state index contributed by atoms with van der Waals surface area (Å²) in [6.07, 6.45) is 1.25. The normalized spacial score (nSPS) is 3.43. The van der Waals surface area contributed by atoms with Crippen molar-refractivity contribution in [3.63, 3.8) is 0 Å². The van der Waals surface area contributed by atoms with Crippen molar-refractivity contribution in [1.82, 2.24) is 0 Å². The van der Waals surface area contributed by atoms with Crippen LogP contribution in [0.2, 0.25) is 0 Å². The molecule has 0 aliphatic heterocycles. The molecular formula is C5H14Ar2. The third-order valence-electron chi connectivity index (χ3n) is 0. The molecule has 0 fully saturated rings. The molecule has 0 aromatic rings. The second-order valence-corrected chi connectivity index (χ2v) is 0.707. The minimum Gasteiger partial charge on any atom is -0.0683 e. The Bertz CT molecular complexity index is 6.04. The Kier molecular flexibility index (Phi) is 126. The molecule has 0 atom stereocenters. The summed E-state index contributed by atoms with van der Waals surface area (Å²) in [5, 5.41) is 0. The van der Waals surface area contributed by atoms with E-state index in [9.17, 15) is 0 Å². The molecule has 0 radical (unpaired) electrons. The standard InChI is InChI=1S/C3H8.C2H6.2Ar/c1-3-2;1-2;;/h3H2,1-2H3;1-2H3;;. The molecule has 0 bridgehead atoms. The minimum absolute atomic E-state index is 0. The van der Waals surface area contributed by atoms with Crippen LogP contribution < -0.4 is 0 Å². The van der Waals surface area contributed by atoms with Crippen molar-refractivity contribution in [2.45, 2.75) is 34.1 Å². The summed E-state index contributed by atoms with van der Waals surface area (Å²) in [5.74, 6) is 0. The van der Waals surface area contributed by atoms with Crippen LogP contribution in [0.3, 0.4) is 0 Å². The van der Waals surface area contributed by atoms with Gasteiger partial charge in [0.2, 0.25) is 0 Å². The van der Waals surface area contributed by atoms with E-state index in [1.54, 1.807) is 0 Å². The topological polar surface area (TPSA) is 0 Å². The first-order valence-corrected chi connectivity index (χ1v) is 2.41. The first-order chi connectivity index (χ1) is 2.41. The average molecular weight is 154 g/mol. The van der Waals surface area contributed by atoms with E-state index >= 15 is 0 Å². The predicted octanol–water partition coefficient (Wildman–Crippen LogP) is 2.44. The summed E-state index contributed by atoms with van der Waals surface area (Å²) in [5.41, 5.74) is 0. The molecule has 0 saturated carbocycles. The molecular weight excluding hydrogens is 140 g/mol. The van der Waals surface area contributed by atoms with E-state index in [2.05, 4.69) is 13.8 Å². The summed E-state index contributed by atoms with van der Waals surface area (Å²) in [4.78, 5) is 0. The van der Waals surface area contributed by atoms with Gasteiger partial charge in [-0.15, -0.1) is 0 Å². The maximum atomic E-state index is 2.12. The summed E-state index contributed by atoms with van der Waals surface area (Å²) in [6, 6.07) is 0. The molecule has 7 heavy (non-hydrogen) atoms. The zero-order valence-electron chi connectivity index (χ0n) is 5.41. The third kappa shape index (κ3) is 57.0. The maximum absolute atomic E-state index is 2.12. The number of hydrogen-bond acceptors (Lipinski definition) is 0. The quantitative estimate of drug-likeness (QED) is 0.502. The molecule has 0 spiro atoms. The molecule has 0 N–H and O–H groups in total. The molecule has 50 valence electrons. The van der Waals surface area contributed by atoms with Crippen molar-refractivity contribution < 1.29 is 75.5 Å². The molecule has 0 heterocycles. The molecule has 0 nitrogen and oxygen atoms in total. The van der Waals surface area contributed by atoms with Crippen molar-refractivity contribution in [2.75, 3.05) is 0 Å². The van der Waals surface area contributed by atoms with E-state index in [-0.39, 0.29) is 75.5 Å². The van der Waals surface area contributed by atoms with Crippen LogP contribution >= 0.6 is 0 Å². The Hall–Kier alpha value is 2.52. The van der Waals surface area contributed by atoms with Gasteiger partial charge in [0.15, 0.2) is 0 Å². The van der Waals surface area contributed by atoms with Crippen LogP contribution in [0.4, 0.5) is 0 Å². The largest absolute Gasteiger partial charge is 0.0683 e. The van der Waals surface area contributed by atoms with Gasteiger partial charge in [-0.2, -0.15) is 0 Å². The fourth-order valence-corrected chi connectivity index (χ4v) is 0. The molecule has 0 rings (SSSR count). The van der Waals surface area contributed by atoms with Gasteiger partial charge in [-0.05, 0) is 0 Å². The van der Waals surface area contributed by atoms with Crippen molar-refractivity contribution in [3.8, 4) is 0 Å². The summed E-state index contributed by atoms with van der Waals surface area (Å²) in [7, 11) is 0. The summed E-state index contributed by atoms with van der Waals surface area (Å²) >= 11 is 0. The minimum atomic E-state index is 0. The first-order valence-electron chi connectivity index (χ1n) is 2.41. The Morgan fingerprint density at radius 2 is 0.857 bits per heavy atom. The van der Waals surface area contributed by atoms with Crippen LogP contribution in [0.15, 0.2) is 0 Å². The van der Waals surface area contributed by atoms with Crippen LogP contribution in [-0.2, 0) is 0 Å². The van der Waals surface area contributed by atoms with Crippen LogP contribution in [-0.4, -0.2) is 0 Å². The van der Waals surface area contributed by atoms with Gasteiger partial charge in [0.05, 0.1) is 0 Å². The Morgan fingerprint density at radius 3 is 0.857 bits per heavy atom. The first kappa shape index (κ1) is 22.7. The average Bonchev–Trinajstić information content (AvgIpc) is 1.46. The monoisotopic (exact) mass is 154 g/mol. The van der Waals surface area contributed by atoms with Gasteiger partial charge in [-0.1, -0.05) is 34.1 Å². The molecule has 0 aromatic carbocycles. The molecule has 0 saturated heterocycles. The second kappa shape index (κ2) is 38.9. The van der Waals surface area contributed by atoms with E-state index < -0.39 is 0 Å². The van der Waals surface area contributed by atoms with E-state index in [0.717, 1.165) is 0 Å². The van der Waals surface area contributed by atoms with Gasteiger partial charge < -0.3 is 0 Å². The maximum Gasteiger partial charge on any atom is 0 e. The van der Waals surface area contributed by atoms with E-state index in [1.807, 2.05) is 13.8 Å². The van der Waals surface area contributed by atoms with Crippen molar-refractivity contribution >= 4 is 0 Å². The van der Waals surface area contributed by atoms with Crippen LogP contribution in [0.1, 0.15) is 34.1 Å². The number of hydrogen-bond donors (Lipinski definition) is 0. The van der Waals surface area contributed by atoms with Gasteiger partial charge in [0, 0.05) is 75.5 Å². The molecule has 2 heteroatoms. The van der Waals surface area contributed by atoms with Gasteiger partial charge in [-0.3, -0.25) is 0 Å². The third-order valence-corrected chi connectivity index (χ3v) is 0. The SMILES string of the molecule is CC.CCC.[Ar].[Ar]. The van der Waals surface area contributed by atoms with Crippen LogP contribution in [0.5, 0.6) is 0 Å². The van der Waals surface area contributed by atoms with Crippen LogP contribution in [0.25, 0.3) is 0 Å². The second-order valence-electron chi connectivity index (χ2n) is 0.707. The molecule has 0 unspecified atom stereocenters. The van der Waals surface area contributed by atoms with Gasteiger partial charge >= 0.3 is 0 Å². The van der Waals surface area contributed by atoms with E-state index in [1.165, 1.54) is 6.42 Å². The molecule has 0 amide bonds. The Labute approximate surface area is 107 Å². The van der Waals surface area contributed by atoms with Gasteiger partial charge in [0.25, 0.3) is 0 Å². The zero-order chi connectivity index (χ0) is 4.71. The molecule has 0 aliphatic rings. The zero-order valence-corrected chi connectivity index (χ0v) is 6.83. The van der Waals surface area contributed by atoms with Crippen molar-refractivity contribution in [3.05, 3.63) is 0 Å². The summed E-state index contributed by atoms with van der Waals surface area (Å²) < 4.78 is 0. The van der Waals surface area contributed by atoms with Gasteiger partial charge in [0.1, 0.15) is 0 Å². The fraction of sp³-hybridized carbons (Fsp3) is 1.00. The van der Waals surface area contributed by atoms with Crippen LogP contribution in [0, 0.1) is 75.5 Å². The van der Waals surface area contributed by atoms with Crippen molar-refractivity contribution in [1.29, 1.82) is 0 Å². The van der Waals surface area contributed by atoms with Gasteiger partial charge in [-0.25, -0.2) is 0 Å². The fourth-order valence-electron chi connectivity index (χ4n) is 0. The smallest absolute Gasteiger partial charge is 0 e. The number of rotatable bonds is 0. The Balaban J connectivity index is -0.0000000105. The predicted molar refractivity (Wildman–Crippen MR) is 27.3 cm³/mol.